The number of anilines is 1. The molecule has 0 fully saturated rings. The standard InChI is InChI=1S/C7H9N5O2S2/c1-16(13,14)5-2-9-12(3-5)4-6-7(8)15-11-10-6/h2-3H,4,8H2,1H3. The minimum atomic E-state index is -3.22. The molecular weight excluding hydrogens is 250 g/mol. The summed E-state index contributed by atoms with van der Waals surface area (Å²) in [5, 5.41) is 8.24. The van der Waals surface area contributed by atoms with Crippen LogP contribution < -0.4 is 5.73 Å². The lowest BCUT2D eigenvalue weighted by Crippen LogP contribution is -2.03. The first kappa shape index (κ1) is 11.0. The van der Waals surface area contributed by atoms with Crippen molar-refractivity contribution in [3.05, 3.63) is 18.1 Å². The van der Waals surface area contributed by atoms with Crippen LogP contribution in [0.5, 0.6) is 0 Å². The fourth-order valence-electron chi connectivity index (χ4n) is 1.10. The topological polar surface area (TPSA) is 104 Å². The first-order chi connectivity index (χ1) is 7.47. The van der Waals surface area contributed by atoms with Gasteiger partial charge in [0.2, 0.25) is 0 Å². The molecule has 9 heteroatoms. The number of hydrogen-bond donors (Lipinski definition) is 1. The van der Waals surface area contributed by atoms with Gasteiger partial charge in [-0.1, -0.05) is 4.49 Å². The monoisotopic (exact) mass is 259 g/mol. The van der Waals surface area contributed by atoms with Gasteiger partial charge in [-0.3, -0.25) is 4.68 Å². The van der Waals surface area contributed by atoms with Gasteiger partial charge in [0.25, 0.3) is 0 Å². The molecule has 7 nitrogen and oxygen atoms in total. The van der Waals surface area contributed by atoms with Crippen molar-refractivity contribution in [3.63, 3.8) is 0 Å². The fourth-order valence-corrected chi connectivity index (χ4v) is 2.09. The zero-order valence-electron chi connectivity index (χ0n) is 8.36. The summed E-state index contributed by atoms with van der Waals surface area (Å²) in [7, 11) is -3.22. The number of nitrogens with zero attached hydrogens (tertiary/aromatic N) is 4. The van der Waals surface area contributed by atoms with Crippen LogP contribution in [0.2, 0.25) is 0 Å². The maximum atomic E-state index is 11.2. The van der Waals surface area contributed by atoms with Crippen LogP contribution >= 0.6 is 11.5 Å². The maximum Gasteiger partial charge on any atom is 0.178 e. The molecule has 0 radical (unpaired) electrons. The SMILES string of the molecule is CS(=O)(=O)c1cnn(Cc2nnsc2N)c1. The Morgan fingerprint density at radius 2 is 2.31 bits per heavy atom. The van der Waals surface area contributed by atoms with Gasteiger partial charge in [-0.2, -0.15) is 5.10 Å². The second-order valence-corrected chi connectivity index (χ2v) is 6.03. The highest BCUT2D eigenvalue weighted by molar-refractivity contribution is 7.90. The van der Waals surface area contributed by atoms with Crippen LogP contribution in [0.4, 0.5) is 5.00 Å². The predicted octanol–water partition coefficient (Wildman–Crippen LogP) is -0.231. The Morgan fingerprint density at radius 3 is 2.81 bits per heavy atom. The number of rotatable bonds is 3. The normalized spacial score (nSPS) is 11.8. The lowest BCUT2D eigenvalue weighted by atomic mass is 10.4. The molecule has 0 bridgehead atoms. The molecule has 2 heterocycles. The summed E-state index contributed by atoms with van der Waals surface area (Å²) < 4.78 is 27.6. The molecule has 16 heavy (non-hydrogen) atoms. The molecule has 2 N–H and O–H groups in total. The third-order valence-corrected chi connectivity index (χ3v) is 3.60. The molecule has 0 saturated carbocycles. The highest BCUT2D eigenvalue weighted by atomic mass is 32.2. The highest BCUT2D eigenvalue weighted by Gasteiger charge is 2.11. The molecule has 86 valence electrons. The van der Waals surface area contributed by atoms with E-state index in [1.165, 1.54) is 17.1 Å². The van der Waals surface area contributed by atoms with Gasteiger partial charge in [0.1, 0.15) is 15.6 Å². The molecule has 0 aliphatic rings. The van der Waals surface area contributed by atoms with Crippen LogP contribution in [0, 0.1) is 0 Å². The first-order valence-electron chi connectivity index (χ1n) is 4.26. The molecule has 2 rings (SSSR count). The maximum absolute atomic E-state index is 11.2. The van der Waals surface area contributed by atoms with Crippen molar-refractivity contribution in [2.24, 2.45) is 0 Å². The quantitative estimate of drug-likeness (QED) is 0.816. The van der Waals surface area contributed by atoms with Crippen molar-refractivity contribution in [2.75, 3.05) is 12.0 Å². The van der Waals surface area contributed by atoms with E-state index in [4.69, 9.17) is 5.73 Å². The number of hydrogen-bond acceptors (Lipinski definition) is 7. The van der Waals surface area contributed by atoms with Gasteiger partial charge in [0.05, 0.1) is 12.7 Å². The molecule has 0 aliphatic carbocycles. The second-order valence-electron chi connectivity index (χ2n) is 3.23. The molecule has 0 amide bonds. The largest absolute Gasteiger partial charge is 0.388 e. The van der Waals surface area contributed by atoms with E-state index >= 15 is 0 Å². The predicted molar refractivity (Wildman–Crippen MR) is 58.8 cm³/mol. The summed E-state index contributed by atoms with van der Waals surface area (Å²) in [6.07, 6.45) is 3.87. The number of sulfone groups is 1. The lowest BCUT2D eigenvalue weighted by Gasteiger charge is -1.97. The van der Waals surface area contributed by atoms with E-state index in [1.807, 2.05) is 0 Å². The van der Waals surface area contributed by atoms with Gasteiger partial charge in [0, 0.05) is 24.0 Å². The van der Waals surface area contributed by atoms with E-state index in [9.17, 15) is 8.42 Å². The Morgan fingerprint density at radius 1 is 1.56 bits per heavy atom. The Bertz CT molecular complexity index is 600. The molecule has 0 aliphatic heterocycles. The molecule has 0 saturated heterocycles. The summed E-state index contributed by atoms with van der Waals surface area (Å²) in [6, 6.07) is 0. The van der Waals surface area contributed by atoms with E-state index in [2.05, 4.69) is 14.7 Å². The average molecular weight is 259 g/mol. The van der Waals surface area contributed by atoms with Gasteiger partial charge in [-0.25, -0.2) is 8.42 Å². The second kappa shape index (κ2) is 3.83. The molecule has 0 atom stereocenters. The first-order valence-corrected chi connectivity index (χ1v) is 6.92. The Labute approximate surface area is 96.0 Å². The van der Waals surface area contributed by atoms with Gasteiger partial charge in [0.15, 0.2) is 9.84 Å². The Balaban J connectivity index is 2.25. The lowest BCUT2D eigenvalue weighted by molar-refractivity contribution is 0.601. The van der Waals surface area contributed by atoms with Crippen LogP contribution in [0.15, 0.2) is 17.3 Å². The van der Waals surface area contributed by atoms with Crippen LogP contribution in [0.3, 0.4) is 0 Å². The molecule has 2 aromatic heterocycles. The van der Waals surface area contributed by atoms with Crippen molar-refractivity contribution < 1.29 is 8.42 Å². The minimum absolute atomic E-state index is 0.175. The Kier molecular flexibility index (Phi) is 2.64. The van der Waals surface area contributed by atoms with Crippen molar-refractivity contribution in [3.8, 4) is 0 Å². The minimum Gasteiger partial charge on any atom is -0.388 e. The van der Waals surface area contributed by atoms with Crippen LogP contribution in [0.1, 0.15) is 5.69 Å². The van der Waals surface area contributed by atoms with E-state index < -0.39 is 9.84 Å². The summed E-state index contributed by atoms with van der Waals surface area (Å²) >= 11 is 1.09. The Hall–Kier alpha value is -1.48. The number of aromatic nitrogens is 4. The van der Waals surface area contributed by atoms with E-state index in [0.717, 1.165) is 17.8 Å². The van der Waals surface area contributed by atoms with E-state index in [0.29, 0.717) is 17.2 Å². The molecule has 0 aromatic carbocycles. The van der Waals surface area contributed by atoms with Gasteiger partial charge >= 0.3 is 0 Å². The molecule has 2 aromatic rings. The smallest absolute Gasteiger partial charge is 0.178 e. The third kappa shape index (κ3) is 2.19. The molecule has 0 unspecified atom stereocenters. The van der Waals surface area contributed by atoms with Crippen LogP contribution in [-0.2, 0) is 16.4 Å². The molecular formula is C7H9N5O2S2. The average Bonchev–Trinajstić information content (AvgIpc) is 2.76. The molecule has 0 spiro atoms. The van der Waals surface area contributed by atoms with Crippen LogP contribution in [0.25, 0.3) is 0 Å². The summed E-state index contributed by atoms with van der Waals surface area (Å²) in [5.41, 5.74) is 6.21. The van der Waals surface area contributed by atoms with Gasteiger partial charge < -0.3 is 5.73 Å². The summed E-state index contributed by atoms with van der Waals surface area (Å²) in [5.74, 6) is 0. The fraction of sp³-hybridized carbons (Fsp3) is 0.286. The van der Waals surface area contributed by atoms with Gasteiger partial charge in [-0.15, -0.1) is 5.10 Å². The zero-order valence-corrected chi connectivity index (χ0v) is 9.99. The third-order valence-electron chi connectivity index (χ3n) is 1.93. The van der Waals surface area contributed by atoms with Crippen LogP contribution in [-0.4, -0.2) is 34.0 Å². The highest BCUT2D eigenvalue weighted by Crippen LogP contribution is 2.14. The van der Waals surface area contributed by atoms with Crippen molar-refractivity contribution in [1.82, 2.24) is 19.4 Å². The zero-order chi connectivity index (χ0) is 11.8. The van der Waals surface area contributed by atoms with Crippen molar-refractivity contribution >= 4 is 26.4 Å². The van der Waals surface area contributed by atoms with Crippen molar-refractivity contribution in [2.45, 2.75) is 11.4 Å². The van der Waals surface area contributed by atoms with Gasteiger partial charge in [-0.05, 0) is 0 Å². The summed E-state index contributed by atoms with van der Waals surface area (Å²) in [6.45, 7) is 0.317. The van der Waals surface area contributed by atoms with E-state index in [-0.39, 0.29) is 4.90 Å². The van der Waals surface area contributed by atoms with Crippen molar-refractivity contribution in [1.29, 1.82) is 0 Å². The van der Waals surface area contributed by atoms with E-state index in [1.54, 1.807) is 0 Å². The number of nitrogens with two attached hydrogens (primary N) is 1. The summed E-state index contributed by atoms with van der Waals surface area (Å²) in [4.78, 5) is 0.175. The number of nitrogen functional groups attached to an aromatic ring is 1.